The second-order valence-electron chi connectivity index (χ2n) is 1.92. The first-order chi connectivity index (χ1) is 3.77. The van der Waals surface area contributed by atoms with Gasteiger partial charge in [-0.2, -0.15) is 0 Å². The molecule has 0 atom stereocenters. The third kappa shape index (κ3) is 5.73. The molecule has 1 nitrogen and oxygen atoms in total. The van der Waals surface area contributed by atoms with Crippen molar-refractivity contribution in [1.29, 1.82) is 0 Å². The normalized spacial score (nSPS) is 9.12. The zero-order chi connectivity index (χ0) is 6.41. The van der Waals surface area contributed by atoms with Gasteiger partial charge >= 0.3 is 0 Å². The molecule has 0 aromatic heterocycles. The SMILES string of the molecule is [B]C(=O)CCCCC. The predicted octanol–water partition coefficient (Wildman–Crippen LogP) is 1.26. The molecule has 0 aliphatic heterocycles. The van der Waals surface area contributed by atoms with Crippen LogP contribution in [0.1, 0.15) is 32.6 Å². The second kappa shape index (κ2) is 4.88. The molecular weight excluding hydrogens is 98.9 g/mol. The Morgan fingerprint density at radius 1 is 1.50 bits per heavy atom. The lowest BCUT2D eigenvalue weighted by Gasteiger charge is -1.91. The maximum Gasteiger partial charge on any atom is 0.167 e. The number of hydrogen-bond acceptors (Lipinski definition) is 1. The Labute approximate surface area is 51.9 Å². The van der Waals surface area contributed by atoms with Crippen LogP contribution in [0.4, 0.5) is 0 Å². The van der Waals surface area contributed by atoms with E-state index in [1.807, 2.05) is 0 Å². The smallest absolute Gasteiger partial charge is 0.167 e. The summed E-state index contributed by atoms with van der Waals surface area (Å²) in [5.74, 6) is 0. The summed E-state index contributed by atoms with van der Waals surface area (Å²) >= 11 is 0. The number of hydrogen-bond donors (Lipinski definition) is 0. The van der Waals surface area contributed by atoms with E-state index < -0.39 is 0 Å². The fraction of sp³-hybridized carbons (Fsp3) is 0.833. The van der Waals surface area contributed by atoms with Gasteiger partial charge in [-0.15, -0.1) is 0 Å². The Bertz CT molecular complexity index is 70.9. The van der Waals surface area contributed by atoms with Gasteiger partial charge in [0.1, 0.15) is 0 Å². The molecule has 0 amide bonds. The van der Waals surface area contributed by atoms with Crippen LogP contribution in [0, 0.1) is 0 Å². The zero-order valence-corrected chi connectivity index (χ0v) is 5.31. The Morgan fingerprint density at radius 3 is 2.50 bits per heavy atom. The van der Waals surface area contributed by atoms with E-state index in [4.69, 9.17) is 7.85 Å². The van der Waals surface area contributed by atoms with Crippen molar-refractivity contribution in [3.63, 3.8) is 0 Å². The summed E-state index contributed by atoms with van der Waals surface area (Å²) in [6, 6.07) is 0. The summed E-state index contributed by atoms with van der Waals surface area (Å²) in [5.41, 5.74) is -0.182. The van der Waals surface area contributed by atoms with Crippen molar-refractivity contribution in [2.45, 2.75) is 32.6 Å². The van der Waals surface area contributed by atoms with Gasteiger partial charge < -0.3 is 4.79 Å². The Morgan fingerprint density at radius 2 is 2.12 bits per heavy atom. The van der Waals surface area contributed by atoms with Gasteiger partial charge in [-0.05, 0) is 12.8 Å². The van der Waals surface area contributed by atoms with Gasteiger partial charge in [-0.3, -0.25) is 0 Å². The maximum atomic E-state index is 10.1. The van der Waals surface area contributed by atoms with E-state index >= 15 is 0 Å². The number of carbonyl (C=O) groups excluding carboxylic acids is 1. The zero-order valence-electron chi connectivity index (χ0n) is 5.31. The Kier molecular flexibility index (Phi) is 4.72. The van der Waals surface area contributed by atoms with E-state index in [2.05, 4.69) is 6.92 Å². The molecule has 0 N–H and O–H groups in total. The van der Waals surface area contributed by atoms with Gasteiger partial charge in [0.15, 0.2) is 7.85 Å². The average Bonchev–Trinajstić information content (AvgIpc) is 1.66. The van der Waals surface area contributed by atoms with Crippen LogP contribution >= 0.6 is 0 Å². The lowest BCUT2D eigenvalue weighted by molar-refractivity contribution is -0.111. The van der Waals surface area contributed by atoms with Gasteiger partial charge in [-0.25, -0.2) is 0 Å². The van der Waals surface area contributed by atoms with E-state index in [1.54, 1.807) is 0 Å². The van der Waals surface area contributed by atoms with Gasteiger partial charge in [0.25, 0.3) is 0 Å². The van der Waals surface area contributed by atoms with Crippen LogP contribution in [0.2, 0.25) is 0 Å². The molecule has 0 saturated carbocycles. The van der Waals surface area contributed by atoms with E-state index in [0.29, 0.717) is 6.42 Å². The van der Waals surface area contributed by atoms with Crippen molar-refractivity contribution >= 4 is 13.5 Å². The minimum Gasteiger partial charge on any atom is -0.313 e. The molecule has 0 saturated heterocycles. The van der Waals surface area contributed by atoms with Crippen molar-refractivity contribution in [1.82, 2.24) is 0 Å². The van der Waals surface area contributed by atoms with Crippen LogP contribution in [0.25, 0.3) is 0 Å². The maximum absolute atomic E-state index is 10.1. The van der Waals surface area contributed by atoms with E-state index in [0.717, 1.165) is 19.3 Å². The standard InChI is InChI=1S/C6H11BO/c1-2-3-4-5-6(7)8/h2-5H2,1H3. The predicted molar refractivity (Wildman–Crippen MR) is 34.9 cm³/mol. The lowest BCUT2D eigenvalue weighted by Crippen LogP contribution is -1.93. The molecule has 44 valence electrons. The number of rotatable bonds is 4. The molecule has 0 bridgehead atoms. The highest BCUT2D eigenvalue weighted by Gasteiger charge is 1.89. The molecule has 0 aromatic rings. The third-order valence-electron chi connectivity index (χ3n) is 1.03. The first-order valence-electron chi connectivity index (χ1n) is 3.05. The largest absolute Gasteiger partial charge is 0.313 e. The molecule has 0 heterocycles. The highest BCUT2D eigenvalue weighted by Crippen LogP contribution is 1.97. The van der Waals surface area contributed by atoms with Crippen LogP contribution in [-0.4, -0.2) is 13.5 Å². The molecule has 0 aliphatic carbocycles. The van der Waals surface area contributed by atoms with Crippen LogP contribution in [-0.2, 0) is 4.79 Å². The van der Waals surface area contributed by atoms with Gasteiger partial charge in [0, 0.05) is 0 Å². The molecule has 0 aromatic carbocycles. The molecule has 0 spiro atoms. The van der Waals surface area contributed by atoms with Crippen LogP contribution in [0.5, 0.6) is 0 Å². The molecule has 0 unspecified atom stereocenters. The van der Waals surface area contributed by atoms with Crippen molar-refractivity contribution in [3.8, 4) is 0 Å². The Hall–Kier alpha value is -0.265. The van der Waals surface area contributed by atoms with Gasteiger partial charge in [-0.1, -0.05) is 19.8 Å². The third-order valence-corrected chi connectivity index (χ3v) is 1.03. The van der Waals surface area contributed by atoms with Crippen molar-refractivity contribution in [2.24, 2.45) is 0 Å². The van der Waals surface area contributed by atoms with Gasteiger partial charge in [0.05, 0.1) is 5.68 Å². The minimum atomic E-state index is -0.182. The first-order valence-corrected chi connectivity index (χ1v) is 3.05. The lowest BCUT2D eigenvalue weighted by atomic mass is 9.97. The van der Waals surface area contributed by atoms with Crippen LogP contribution < -0.4 is 0 Å². The topological polar surface area (TPSA) is 17.1 Å². The van der Waals surface area contributed by atoms with Crippen molar-refractivity contribution in [3.05, 3.63) is 0 Å². The highest BCUT2D eigenvalue weighted by atomic mass is 16.1. The molecule has 2 radical (unpaired) electrons. The summed E-state index contributed by atoms with van der Waals surface area (Å²) in [5, 5.41) is 0. The summed E-state index contributed by atoms with van der Waals surface area (Å²) < 4.78 is 0. The fourth-order valence-corrected chi connectivity index (χ4v) is 0.549. The van der Waals surface area contributed by atoms with E-state index in [-0.39, 0.29) is 5.68 Å². The van der Waals surface area contributed by atoms with Crippen LogP contribution in [0.15, 0.2) is 0 Å². The molecule has 2 heteroatoms. The van der Waals surface area contributed by atoms with Crippen molar-refractivity contribution < 1.29 is 4.79 Å². The quantitative estimate of drug-likeness (QED) is 0.393. The average molecular weight is 110 g/mol. The number of carbonyl (C=O) groups is 1. The first kappa shape index (κ1) is 7.73. The van der Waals surface area contributed by atoms with Gasteiger partial charge in [0.2, 0.25) is 0 Å². The van der Waals surface area contributed by atoms with Crippen molar-refractivity contribution in [2.75, 3.05) is 0 Å². The molecular formula is C6H11BO. The number of unbranched alkanes of at least 4 members (excludes halogenated alkanes) is 2. The Balaban J connectivity index is 2.82. The molecule has 0 fully saturated rings. The molecule has 0 aliphatic rings. The summed E-state index contributed by atoms with van der Waals surface area (Å²) in [7, 11) is 4.89. The van der Waals surface area contributed by atoms with E-state index in [1.165, 1.54) is 0 Å². The monoisotopic (exact) mass is 110 g/mol. The van der Waals surface area contributed by atoms with E-state index in [9.17, 15) is 4.79 Å². The second-order valence-corrected chi connectivity index (χ2v) is 1.92. The van der Waals surface area contributed by atoms with Crippen LogP contribution in [0.3, 0.4) is 0 Å². The summed E-state index contributed by atoms with van der Waals surface area (Å²) in [4.78, 5) is 10.1. The minimum absolute atomic E-state index is 0.182. The molecule has 8 heavy (non-hydrogen) atoms. The highest BCUT2D eigenvalue weighted by molar-refractivity contribution is 6.57. The molecule has 0 rings (SSSR count). The summed E-state index contributed by atoms with van der Waals surface area (Å²) in [6.45, 7) is 2.10. The fourth-order valence-electron chi connectivity index (χ4n) is 0.549. The summed E-state index contributed by atoms with van der Waals surface area (Å²) in [6.07, 6.45) is 3.76.